The minimum Gasteiger partial charge on any atom is -0.481 e. The van der Waals surface area contributed by atoms with Crippen molar-refractivity contribution in [2.75, 3.05) is 0 Å². The SMILES string of the molecule is CC(Oc1ccc2ccccc2c1)C(=O)N/N=C/c1ccc(OC(=O)c2ccccc2Cl)cc1. The number of carbonyl (C=O) groups is 2. The number of nitrogens with zero attached hydrogens (tertiary/aromatic N) is 1. The number of carbonyl (C=O) groups excluding carboxylic acids is 2. The molecule has 0 saturated heterocycles. The summed E-state index contributed by atoms with van der Waals surface area (Å²) >= 11 is 6.02. The second-order valence-corrected chi connectivity index (χ2v) is 7.85. The molecule has 0 aromatic heterocycles. The summed E-state index contributed by atoms with van der Waals surface area (Å²) in [4.78, 5) is 24.6. The number of hydrazone groups is 1. The molecule has 34 heavy (non-hydrogen) atoms. The third-order valence-electron chi connectivity index (χ3n) is 4.98. The van der Waals surface area contributed by atoms with Crippen LogP contribution in [0.5, 0.6) is 11.5 Å². The van der Waals surface area contributed by atoms with Gasteiger partial charge in [-0.3, -0.25) is 4.79 Å². The van der Waals surface area contributed by atoms with E-state index >= 15 is 0 Å². The summed E-state index contributed by atoms with van der Waals surface area (Å²) in [6.07, 6.45) is 0.755. The molecule has 0 aliphatic heterocycles. The number of hydrogen-bond acceptors (Lipinski definition) is 5. The van der Waals surface area contributed by atoms with Gasteiger partial charge in [0, 0.05) is 0 Å². The summed E-state index contributed by atoms with van der Waals surface area (Å²) in [6.45, 7) is 1.65. The number of benzene rings is 4. The third kappa shape index (κ3) is 5.79. The fraction of sp³-hybridized carbons (Fsp3) is 0.0741. The zero-order valence-electron chi connectivity index (χ0n) is 18.3. The molecule has 7 heteroatoms. The topological polar surface area (TPSA) is 77.0 Å². The fourth-order valence-corrected chi connectivity index (χ4v) is 3.38. The van der Waals surface area contributed by atoms with Gasteiger partial charge < -0.3 is 9.47 Å². The molecule has 0 fully saturated rings. The Morgan fingerprint density at radius 2 is 1.56 bits per heavy atom. The Morgan fingerprint density at radius 3 is 2.32 bits per heavy atom. The lowest BCUT2D eigenvalue weighted by atomic mass is 10.1. The average Bonchev–Trinajstić information content (AvgIpc) is 2.85. The average molecular weight is 473 g/mol. The zero-order chi connectivity index (χ0) is 23.9. The van der Waals surface area contributed by atoms with Gasteiger partial charge in [-0.2, -0.15) is 5.10 Å². The van der Waals surface area contributed by atoms with Crippen LogP contribution in [0.1, 0.15) is 22.8 Å². The van der Waals surface area contributed by atoms with Crippen molar-refractivity contribution in [1.29, 1.82) is 0 Å². The maximum absolute atomic E-state index is 12.3. The minimum absolute atomic E-state index is 0.289. The molecule has 1 N–H and O–H groups in total. The van der Waals surface area contributed by atoms with Gasteiger partial charge in [0.15, 0.2) is 6.10 Å². The first-order valence-electron chi connectivity index (χ1n) is 10.5. The van der Waals surface area contributed by atoms with E-state index in [2.05, 4.69) is 10.5 Å². The highest BCUT2D eigenvalue weighted by Gasteiger charge is 2.14. The lowest BCUT2D eigenvalue weighted by molar-refractivity contribution is -0.127. The fourth-order valence-electron chi connectivity index (χ4n) is 3.17. The lowest BCUT2D eigenvalue weighted by Crippen LogP contribution is -2.33. The molecule has 4 aromatic rings. The van der Waals surface area contributed by atoms with Crippen LogP contribution in [0.3, 0.4) is 0 Å². The first kappa shape index (κ1) is 23.0. The molecular weight excluding hydrogens is 452 g/mol. The third-order valence-corrected chi connectivity index (χ3v) is 5.31. The number of hydrogen-bond donors (Lipinski definition) is 1. The summed E-state index contributed by atoms with van der Waals surface area (Å²) in [7, 11) is 0. The Morgan fingerprint density at radius 1 is 0.882 bits per heavy atom. The van der Waals surface area contributed by atoms with Crippen molar-refractivity contribution in [1.82, 2.24) is 5.43 Å². The number of nitrogens with one attached hydrogen (secondary N) is 1. The Hall–Kier alpha value is -4.16. The zero-order valence-corrected chi connectivity index (χ0v) is 19.0. The Balaban J connectivity index is 1.29. The van der Waals surface area contributed by atoms with Crippen molar-refractivity contribution in [2.45, 2.75) is 13.0 Å². The molecule has 0 aliphatic rings. The molecule has 6 nitrogen and oxygen atoms in total. The molecule has 1 amide bonds. The van der Waals surface area contributed by atoms with Crippen LogP contribution in [-0.4, -0.2) is 24.2 Å². The van der Waals surface area contributed by atoms with Crippen LogP contribution in [-0.2, 0) is 4.79 Å². The summed E-state index contributed by atoms with van der Waals surface area (Å²) in [5, 5.41) is 6.43. The molecule has 4 aromatic carbocycles. The van der Waals surface area contributed by atoms with Crippen molar-refractivity contribution in [3.05, 3.63) is 107 Å². The highest BCUT2D eigenvalue weighted by molar-refractivity contribution is 6.33. The van der Waals surface area contributed by atoms with Crippen molar-refractivity contribution in [2.24, 2.45) is 5.10 Å². The van der Waals surface area contributed by atoms with Crippen LogP contribution in [0.25, 0.3) is 10.8 Å². The molecule has 4 rings (SSSR count). The summed E-state index contributed by atoms with van der Waals surface area (Å²) in [5.41, 5.74) is 3.47. The largest absolute Gasteiger partial charge is 0.481 e. The van der Waals surface area contributed by atoms with E-state index in [-0.39, 0.29) is 11.5 Å². The van der Waals surface area contributed by atoms with Gasteiger partial charge in [-0.1, -0.05) is 54.1 Å². The van der Waals surface area contributed by atoms with E-state index < -0.39 is 12.1 Å². The van der Waals surface area contributed by atoms with Crippen molar-refractivity contribution < 1.29 is 19.1 Å². The second kappa shape index (κ2) is 10.6. The monoisotopic (exact) mass is 472 g/mol. The van der Waals surface area contributed by atoms with Crippen molar-refractivity contribution in [3.63, 3.8) is 0 Å². The smallest absolute Gasteiger partial charge is 0.345 e. The van der Waals surface area contributed by atoms with Gasteiger partial charge in [0.2, 0.25) is 0 Å². The quantitative estimate of drug-likeness (QED) is 0.164. The molecule has 0 heterocycles. The van der Waals surface area contributed by atoms with Crippen molar-refractivity contribution >= 4 is 40.5 Å². The number of esters is 1. The lowest BCUT2D eigenvalue weighted by Gasteiger charge is -2.13. The molecule has 0 bridgehead atoms. The standard InChI is InChI=1S/C27H21ClN2O4/c1-18(33-23-15-12-20-6-2-3-7-21(20)16-23)26(31)30-29-17-19-10-13-22(14-11-19)34-27(32)24-8-4-5-9-25(24)28/h2-18H,1H3,(H,30,31)/b29-17+. The van der Waals surface area contributed by atoms with Crippen LogP contribution in [0.4, 0.5) is 0 Å². The van der Waals surface area contributed by atoms with E-state index in [1.54, 1.807) is 55.5 Å². The molecule has 1 atom stereocenters. The highest BCUT2D eigenvalue weighted by Crippen LogP contribution is 2.22. The second-order valence-electron chi connectivity index (χ2n) is 7.44. The van der Waals surface area contributed by atoms with Gasteiger partial charge in [-0.05, 0) is 71.8 Å². The molecule has 0 saturated carbocycles. The van der Waals surface area contributed by atoms with Crippen molar-refractivity contribution in [3.8, 4) is 11.5 Å². The number of halogens is 1. The first-order valence-corrected chi connectivity index (χ1v) is 10.9. The Labute approximate surface area is 201 Å². The van der Waals surface area contributed by atoms with E-state index in [0.29, 0.717) is 22.1 Å². The van der Waals surface area contributed by atoms with Gasteiger partial charge in [-0.25, -0.2) is 10.2 Å². The summed E-state index contributed by atoms with van der Waals surface area (Å²) in [5.74, 6) is 0.0464. The number of ether oxygens (including phenoxy) is 2. The summed E-state index contributed by atoms with van der Waals surface area (Å²) in [6, 6.07) is 26.9. The molecule has 0 spiro atoms. The molecule has 1 unspecified atom stereocenters. The van der Waals surface area contributed by atoms with E-state index in [0.717, 1.165) is 10.8 Å². The van der Waals surface area contributed by atoms with Gasteiger partial charge in [0.05, 0.1) is 16.8 Å². The van der Waals surface area contributed by atoms with Gasteiger partial charge in [0.25, 0.3) is 5.91 Å². The predicted molar refractivity (Wildman–Crippen MR) is 133 cm³/mol. The number of fused-ring (bicyclic) bond motifs is 1. The van der Waals surface area contributed by atoms with Gasteiger partial charge >= 0.3 is 5.97 Å². The highest BCUT2D eigenvalue weighted by atomic mass is 35.5. The summed E-state index contributed by atoms with van der Waals surface area (Å²) < 4.78 is 11.1. The Kier molecular flexibility index (Phi) is 7.20. The van der Waals surface area contributed by atoms with E-state index in [9.17, 15) is 9.59 Å². The normalized spacial score (nSPS) is 11.8. The maximum atomic E-state index is 12.3. The number of rotatable bonds is 7. The van der Waals surface area contributed by atoms with E-state index in [1.165, 1.54) is 6.21 Å². The van der Waals surface area contributed by atoms with Crippen LogP contribution in [0, 0.1) is 0 Å². The van der Waals surface area contributed by atoms with Gasteiger partial charge in [0.1, 0.15) is 11.5 Å². The molecule has 0 radical (unpaired) electrons. The van der Waals surface area contributed by atoms with Crippen LogP contribution < -0.4 is 14.9 Å². The predicted octanol–water partition coefficient (Wildman–Crippen LogP) is 5.63. The minimum atomic E-state index is -0.732. The van der Waals surface area contributed by atoms with Crippen LogP contribution in [0.15, 0.2) is 96.1 Å². The van der Waals surface area contributed by atoms with Crippen LogP contribution in [0.2, 0.25) is 5.02 Å². The maximum Gasteiger partial charge on any atom is 0.345 e. The molecular formula is C27H21ClN2O4. The Bertz CT molecular complexity index is 1350. The molecule has 170 valence electrons. The first-order chi connectivity index (χ1) is 16.5. The number of amides is 1. The molecule has 0 aliphatic carbocycles. The van der Waals surface area contributed by atoms with Gasteiger partial charge in [-0.15, -0.1) is 0 Å². The van der Waals surface area contributed by atoms with Crippen LogP contribution >= 0.6 is 11.6 Å². The van der Waals surface area contributed by atoms with E-state index in [4.69, 9.17) is 21.1 Å². The van der Waals surface area contributed by atoms with E-state index in [1.807, 2.05) is 42.5 Å².